The van der Waals surface area contributed by atoms with Crippen LogP contribution >= 0.6 is 0 Å². The van der Waals surface area contributed by atoms with E-state index >= 15 is 0 Å². The highest BCUT2D eigenvalue weighted by Gasteiger charge is 2.25. The van der Waals surface area contributed by atoms with E-state index in [1.165, 1.54) is 4.90 Å². The number of hydrogen-bond acceptors (Lipinski definition) is 5. The smallest absolute Gasteiger partial charge is 0.323 e. The Morgan fingerprint density at radius 1 is 1.29 bits per heavy atom. The number of carbonyl (C=O) groups is 2. The largest absolute Gasteiger partial charge is 0.491 e. The van der Waals surface area contributed by atoms with Crippen LogP contribution in [-0.4, -0.2) is 68.0 Å². The van der Waals surface area contributed by atoms with Crippen molar-refractivity contribution < 1.29 is 28.9 Å². The lowest BCUT2D eigenvalue weighted by Crippen LogP contribution is -2.40. The second kappa shape index (κ2) is 9.24. The molecule has 1 aromatic rings. The number of nitrogens with zero attached hydrogens (tertiary/aromatic N) is 1. The van der Waals surface area contributed by atoms with Crippen LogP contribution in [-0.2, 0) is 14.3 Å². The summed E-state index contributed by atoms with van der Waals surface area (Å²) >= 11 is 0. The van der Waals surface area contributed by atoms with E-state index in [0.29, 0.717) is 31.1 Å². The van der Waals surface area contributed by atoms with Gasteiger partial charge in [0.05, 0.1) is 12.7 Å². The molecular weight excluding hydrogens is 314 g/mol. The molecule has 0 aromatic heterocycles. The maximum Gasteiger partial charge on any atom is 0.323 e. The van der Waals surface area contributed by atoms with Gasteiger partial charge in [0.2, 0.25) is 0 Å². The van der Waals surface area contributed by atoms with Gasteiger partial charge in [0.15, 0.2) is 0 Å². The van der Waals surface area contributed by atoms with Crippen LogP contribution < -0.4 is 4.74 Å². The van der Waals surface area contributed by atoms with E-state index in [1.807, 2.05) is 0 Å². The second-order valence-electron chi connectivity index (χ2n) is 5.58. The molecular formula is C17H23NO6. The van der Waals surface area contributed by atoms with E-state index in [-0.39, 0.29) is 25.1 Å². The minimum absolute atomic E-state index is 0.0926. The average molecular weight is 337 g/mol. The highest BCUT2D eigenvalue weighted by atomic mass is 16.5. The molecule has 7 nitrogen and oxygen atoms in total. The predicted octanol–water partition coefficient (Wildman–Crippen LogP) is 1.42. The SMILES string of the molecule is COCCOc1ccc(C(=O)N(CC(=O)O)CC2CCCO2)cc1. The molecule has 24 heavy (non-hydrogen) atoms. The Morgan fingerprint density at radius 2 is 2.04 bits per heavy atom. The van der Waals surface area contributed by atoms with Crippen LogP contribution in [0.3, 0.4) is 0 Å². The fraction of sp³-hybridized carbons (Fsp3) is 0.529. The van der Waals surface area contributed by atoms with Crippen LogP contribution in [0.4, 0.5) is 0 Å². The van der Waals surface area contributed by atoms with Crippen molar-refractivity contribution in [3.8, 4) is 5.75 Å². The lowest BCUT2D eigenvalue weighted by Gasteiger charge is -2.24. The Morgan fingerprint density at radius 3 is 2.62 bits per heavy atom. The Kier molecular flexibility index (Phi) is 7.02. The first kappa shape index (κ1) is 18.2. The van der Waals surface area contributed by atoms with Gasteiger partial charge in [-0.15, -0.1) is 0 Å². The number of ether oxygens (including phenoxy) is 3. The summed E-state index contributed by atoms with van der Waals surface area (Å²) < 4.78 is 15.9. The summed E-state index contributed by atoms with van der Waals surface area (Å²) in [5.41, 5.74) is 0.424. The lowest BCUT2D eigenvalue weighted by atomic mass is 10.1. The molecule has 1 aliphatic rings. The number of carbonyl (C=O) groups excluding carboxylic acids is 1. The van der Waals surface area contributed by atoms with Gasteiger partial charge < -0.3 is 24.2 Å². The molecule has 132 valence electrons. The molecule has 0 saturated carbocycles. The zero-order valence-corrected chi connectivity index (χ0v) is 13.8. The van der Waals surface area contributed by atoms with Crippen LogP contribution in [0.5, 0.6) is 5.75 Å². The number of carboxylic acid groups (broad SMARTS) is 1. The van der Waals surface area contributed by atoms with E-state index in [4.69, 9.17) is 19.3 Å². The Bertz CT molecular complexity index is 539. The fourth-order valence-corrected chi connectivity index (χ4v) is 2.54. The molecule has 1 unspecified atom stereocenters. The van der Waals surface area contributed by atoms with Gasteiger partial charge in [0, 0.05) is 25.8 Å². The van der Waals surface area contributed by atoms with E-state index in [1.54, 1.807) is 31.4 Å². The summed E-state index contributed by atoms with van der Waals surface area (Å²) in [5, 5.41) is 9.05. The summed E-state index contributed by atoms with van der Waals surface area (Å²) in [7, 11) is 1.59. The van der Waals surface area contributed by atoms with Crippen LogP contribution in [0.1, 0.15) is 23.2 Å². The number of hydrogen-bond donors (Lipinski definition) is 1. The first-order valence-corrected chi connectivity index (χ1v) is 7.94. The summed E-state index contributed by atoms with van der Waals surface area (Å²) in [4.78, 5) is 25.0. The van der Waals surface area contributed by atoms with Crippen molar-refractivity contribution in [3.63, 3.8) is 0 Å². The second-order valence-corrected chi connectivity index (χ2v) is 5.58. The summed E-state index contributed by atoms with van der Waals surface area (Å²) in [6.45, 7) is 1.51. The number of amides is 1. The van der Waals surface area contributed by atoms with E-state index in [0.717, 1.165) is 12.8 Å². The van der Waals surface area contributed by atoms with Gasteiger partial charge >= 0.3 is 5.97 Å². The minimum Gasteiger partial charge on any atom is -0.491 e. The monoisotopic (exact) mass is 337 g/mol. The van der Waals surface area contributed by atoms with Gasteiger partial charge in [-0.3, -0.25) is 9.59 Å². The lowest BCUT2D eigenvalue weighted by molar-refractivity contribution is -0.138. The molecule has 0 radical (unpaired) electrons. The number of methoxy groups -OCH3 is 1. The van der Waals surface area contributed by atoms with Crippen molar-refractivity contribution in [2.75, 3.05) is 40.0 Å². The van der Waals surface area contributed by atoms with Crippen molar-refractivity contribution >= 4 is 11.9 Å². The van der Waals surface area contributed by atoms with Crippen LogP contribution in [0, 0.1) is 0 Å². The van der Waals surface area contributed by atoms with Crippen molar-refractivity contribution in [3.05, 3.63) is 29.8 Å². The highest BCUT2D eigenvalue weighted by molar-refractivity contribution is 5.96. The number of rotatable bonds is 9. The molecule has 1 aromatic carbocycles. The van der Waals surface area contributed by atoms with Gasteiger partial charge in [0.25, 0.3) is 5.91 Å². The third-order valence-corrected chi connectivity index (χ3v) is 3.72. The molecule has 0 aliphatic carbocycles. The first-order chi connectivity index (χ1) is 11.6. The first-order valence-electron chi connectivity index (χ1n) is 7.94. The summed E-state index contributed by atoms with van der Waals surface area (Å²) in [6.07, 6.45) is 1.69. The number of carboxylic acids is 1. The van der Waals surface area contributed by atoms with Gasteiger partial charge in [-0.05, 0) is 37.1 Å². The van der Waals surface area contributed by atoms with Gasteiger partial charge in [-0.25, -0.2) is 0 Å². The van der Waals surface area contributed by atoms with E-state index in [9.17, 15) is 9.59 Å². The summed E-state index contributed by atoms with van der Waals surface area (Å²) in [5.74, 6) is -0.732. The molecule has 1 atom stereocenters. The molecule has 1 aliphatic heterocycles. The maximum absolute atomic E-state index is 12.6. The normalized spacial score (nSPS) is 16.8. The quantitative estimate of drug-likeness (QED) is 0.686. The molecule has 0 spiro atoms. The van der Waals surface area contributed by atoms with E-state index in [2.05, 4.69) is 0 Å². The van der Waals surface area contributed by atoms with Gasteiger partial charge in [0.1, 0.15) is 18.9 Å². The summed E-state index contributed by atoms with van der Waals surface area (Å²) in [6, 6.07) is 6.64. The third kappa shape index (κ3) is 5.50. The van der Waals surface area contributed by atoms with Crippen LogP contribution in [0.25, 0.3) is 0 Å². The third-order valence-electron chi connectivity index (χ3n) is 3.72. The number of aliphatic carboxylic acids is 1. The average Bonchev–Trinajstić information content (AvgIpc) is 3.07. The number of benzene rings is 1. The minimum atomic E-state index is -1.04. The molecule has 0 bridgehead atoms. The Labute approximate surface area is 141 Å². The van der Waals surface area contributed by atoms with Crippen molar-refractivity contribution in [1.82, 2.24) is 4.90 Å². The van der Waals surface area contributed by atoms with Gasteiger partial charge in [-0.1, -0.05) is 0 Å². The van der Waals surface area contributed by atoms with Crippen molar-refractivity contribution in [1.29, 1.82) is 0 Å². The molecule has 2 rings (SSSR count). The standard InChI is InChI=1S/C17H23NO6/c1-22-9-10-24-14-6-4-13(5-7-14)17(21)18(12-16(19)20)11-15-3-2-8-23-15/h4-7,15H,2-3,8-12H2,1H3,(H,19,20). The zero-order chi connectivity index (χ0) is 17.4. The van der Waals surface area contributed by atoms with Crippen molar-refractivity contribution in [2.45, 2.75) is 18.9 Å². The molecule has 1 amide bonds. The molecule has 7 heteroatoms. The Balaban J connectivity index is 2.00. The Hall–Kier alpha value is -2.12. The predicted molar refractivity (Wildman–Crippen MR) is 86.3 cm³/mol. The van der Waals surface area contributed by atoms with Crippen LogP contribution in [0.2, 0.25) is 0 Å². The maximum atomic E-state index is 12.6. The molecule has 1 saturated heterocycles. The fourth-order valence-electron chi connectivity index (χ4n) is 2.54. The van der Waals surface area contributed by atoms with Gasteiger partial charge in [-0.2, -0.15) is 0 Å². The molecule has 1 N–H and O–H groups in total. The van der Waals surface area contributed by atoms with Crippen molar-refractivity contribution in [2.24, 2.45) is 0 Å². The topological polar surface area (TPSA) is 85.3 Å². The van der Waals surface area contributed by atoms with Crippen LogP contribution in [0.15, 0.2) is 24.3 Å². The van der Waals surface area contributed by atoms with E-state index < -0.39 is 5.97 Å². The highest BCUT2D eigenvalue weighted by Crippen LogP contribution is 2.17. The molecule has 1 heterocycles. The molecule has 1 fully saturated rings. The zero-order valence-electron chi connectivity index (χ0n) is 13.8.